The first-order chi connectivity index (χ1) is 43.4. The van der Waals surface area contributed by atoms with Crippen molar-refractivity contribution in [2.75, 3.05) is 66.7 Å². The van der Waals surface area contributed by atoms with Gasteiger partial charge in [0, 0.05) is 92.3 Å². The summed E-state index contributed by atoms with van der Waals surface area (Å²) in [7, 11) is 2.16. The van der Waals surface area contributed by atoms with Crippen molar-refractivity contribution >= 4 is 96.7 Å². The summed E-state index contributed by atoms with van der Waals surface area (Å²) in [6.07, 6.45) is 13.3. The fraction of sp³-hybridized carbons (Fsp3) is 0.194. The van der Waals surface area contributed by atoms with Gasteiger partial charge in [0.05, 0.1) is 57.5 Å². The Kier molecular flexibility index (Phi) is 18.8. The summed E-state index contributed by atoms with van der Waals surface area (Å²) in [5.74, 6) is 0.438. The van der Waals surface area contributed by atoms with Crippen LogP contribution in [0.15, 0.2) is 172 Å². The molecular formula is C67H63ClFN17O3. The molecular weight excluding hydrogens is 1150 g/mol. The van der Waals surface area contributed by atoms with E-state index in [1.165, 1.54) is 36.4 Å². The number of aromatic amines is 3. The molecule has 89 heavy (non-hydrogen) atoms. The minimum absolute atomic E-state index is 0.0179. The Balaban J connectivity index is 0.000000142. The second-order valence-corrected chi connectivity index (χ2v) is 21.8. The molecule has 2 aliphatic rings. The average molecular weight is 1210 g/mol. The van der Waals surface area contributed by atoms with E-state index in [0.717, 1.165) is 113 Å². The van der Waals surface area contributed by atoms with Crippen LogP contribution >= 0.6 is 11.6 Å². The molecule has 2 saturated heterocycles. The van der Waals surface area contributed by atoms with Crippen molar-refractivity contribution in [1.82, 2.24) is 65.4 Å². The van der Waals surface area contributed by atoms with Crippen LogP contribution in [-0.4, -0.2) is 129 Å². The first kappa shape index (κ1) is 60.1. The Hall–Kier alpha value is -10.6. The Morgan fingerprint density at radius 2 is 0.955 bits per heavy atom. The van der Waals surface area contributed by atoms with Gasteiger partial charge in [0.1, 0.15) is 5.82 Å². The van der Waals surface area contributed by atoms with Gasteiger partial charge >= 0.3 is 0 Å². The lowest BCUT2D eigenvalue weighted by Gasteiger charge is -2.34. The van der Waals surface area contributed by atoms with Gasteiger partial charge in [-0.2, -0.15) is 30.2 Å². The number of piperidine rings is 1. The van der Waals surface area contributed by atoms with Gasteiger partial charge in [0.2, 0.25) is 17.2 Å². The number of benzene rings is 5. The minimum atomic E-state index is -0.269. The van der Waals surface area contributed by atoms with Crippen molar-refractivity contribution in [2.45, 2.75) is 38.5 Å². The molecule has 20 nitrogen and oxygen atoms in total. The molecule has 2 aliphatic heterocycles. The predicted molar refractivity (Wildman–Crippen MR) is 348 cm³/mol. The molecule has 13 rings (SSSR count). The van der Waals surface area contributed by atoms with Crippen molar-refractivity contribution in [1.29, 1.82) is 0 Å². The fourth-order valence-corrected chi connectivity index (χ4v) is 10.8. The summed E-state index contributed by atoms with van der Waals surface area (Å²) in [5.41, 5.74) is 12.5. The summed E-state index contributed by atoms with van der Waals surface area (Å²) >= 11 is 5.94. The number of ketones is 3. The number of anilines is 6. The van der Waals surface area contributed by atoms with Crippen molar-refractivity contribution in [2.24, 2.45) is 0 Å². The lowest BCUT2D eigenvalue weighted by molar-refractivity contribution is -0.114. The SMILES string of the molecule is C=CC(=O)Cc1cccc(-c2nc(Cl)nc3[nH]ncc23)c1.C=CC(=O)Cc1cccc(-c2nc(Nc3ccc(N4CCCCC4)c(F)c3)nc3[nH]ncc23)c1.C=CC(=O)Cc1cccc(-c2nc(Nc3ccc(N4CCN(C)CC4)cc3)nc3[nH]ncc23)c1. The molecule has 0 unspecified atom stereocenters. The molecule has 0 bridgehead atoms. The molecule has 0 saturated carbocycles. The van der Waals surface area contributed by atoms with Gasteiger partial charge in [-0.25, -0.2) is 19.3 Å². The number of fused-ring (bicyclic) bond motifs is 3. The normalized spacial score (nSPS) is 13.2. The second-order valence-electron chi connectivity index (χ2n) is 21.5. The first-order valence-electron chi connectivity index (χ1n) is 29.0. The molecule has 2 fully saturated rings. The molecule has 5 N–H and O–H groups in total. The zero-order valence-corrected chi connectivity index (χ0v) is 49.6. The number of carbonyl (C=O) groups excluding carboxylic acids is 3. The molecule has 0 spiro atoms. The number of likely N-dealkylation sites (N-methyl/N-ethyl adjacent to an activating group) is 1. The topological polar surface area (TPSA) is 248 Å². The number of halogens is 2. The number of piperazine rings is 1. The van der Waals surface area contributed by atoms with Crippen LogP contribution in [0.4, 0.5) is 39.0 Å². The van der Waals surface area contributed by atoms with Crippen molar-refractivity contribution in [3.8, 4) is 33.8 Å². The van der Waals surface area contributed by atoms with E-state index >= 15 is 0 Å². The maximum absolute atomic E-state index is 14.9. The number of carbonyl (C=O) groups is 3. The monoisotopic (exact) mass is 1210 g/mol. The Bertz CT molecular complexity index is 4400. The standard InChI is InChI=1S/C26H25FN6O.C26H27N7O.C15H11ClN4O/c1-2-20(34)14-17-7-6-8-18(13-17)24-21-16-28-32-25(21)31-26(30-24)29-19-9-10-23(22(27)15-19)33-11-4-3-5-12-33;1-3-22(34)16-18-5-4-6-19(15-18)24-23-17-27-31-25(23)30-26(29-24)28-20-7-9-21(10-8-20)33-13-11-32(2)12-14-33;1-2-11(21)7-9-4-3-5-10(6-9)13-12-8-17-20-14(12)19-15(16)18-13/h2,6-10,13,15-16H,1,3-5,11-12,14H2,(H2,28,29,30,31,32);3-10,15,17H,1,11-14,16H2,2H3,(H2,27,28,29,30,31);2-6,8H,1,7H2,(H,17,18,19,20). The Morgan fingerprint density at radius 1 is 0.517 bits per heavy atom. The number of aromatic nitrogens is 12. The Labute approximate surface area is 517 Å². The molecule has 5 aromatic carbocycles. The first-order valence-corrected chi connectivity index (χ1v) is 29.4. The molecule has 11 aromatic rings. The van der Waals surface area contributed by atoms with Crippen LogP contribution in [0.5, 0.6) is 0 Å². The third-order valence-corrected chi connectivity index (χ3v) is 15.4. The van der Waals surface area contributed by atoms with Crippen LogP contribution in [0.1, 0.15) is 36.0 Å². The highest BCUT2D eigenvalue weighted by atomic mass is 35.5. The third kappa shape index (κ3) is 14.8. The number of rotatable bonds is 18. The third-order valence-electron chi connectivity index (χ3n) is 15.2. The quantitative estimate of drug-likeness (QED) is 0.0396. The predicted octanol–water partition coefficient (Wildman–Crippen LogP) is 12.0. The number of nitrogens with one attached hydrogen (secondary N) is 5. The smallest absolute Gasteiger partial charge is 0.229 e. The van der Waals surface area contributed by atoms with Crippen LogP contribution in [0.2, 0.25) is 5.28 Å². The molecule has 448 valence electrons. The zero-order valence-electron chi connectivity index (χ0n) is 48.9. The molecule has 22 heteroatoms. The van der Waals surface area contributed by atoms with Gasteiger partial charge in [-0.3, -0.25) is 29.7 Å². The van der Waals surface area contributed by atoms with E-state index in [2.05, 4.69) is 127 Å². The molecule has 8 heterocycles. The number of hydrogen-bond acceptors (Lipinski definition) is 17. The number of nitrogens with zero attached hydrogens (tertiary/aromatic N) is 12. The molecule has 0 radical (unpaired) electrons. The Morgan fingerprint density at radius 3 is 1.42 bits per heavy atom. The average Bonchev–Trinajstić information content (AvgIpc) is 1.96. The zero-order chi connectivity index (χ0) is 61.8. The molecule has 0 atom stereocenters. The second kappa shape index (κ2) is 27.8. The van der Waals surface area contributed by atoms with E-state index in [1.807, 2.05) is 78.9 Å². The summed E-state index contributed by atoms with van der Waals surface area (Å²) in [6, 6.07) is 36.5. The summed E-state index contributed by atoms with van der Waals surface area (Å²) in [4.78, 5) is 68.9. The highest BCUT2D eigenvalue weighted by Crippen LogP contribution is 2.33. The van der Waals surface area contributed by atoms with Crippen molar-refractivity contribution in [3.05, 3.63) is 200 Å². The van der Waals surface area contributed by atoms with E-state index < -0.39 is 0 Å². The van der Waals surface area contributed by atoms with Gasteiger partial charge in [-0.1, -0.05) is 74.3 Å². The van der Waals surface area contributed by atoms with Gasteiger partial charge < -0.3 is 25.3 Å². The largest absolute Gasteiger partial charge is 0.369 e. The van der Waals surface area contributed by atoms with Gasteiger partial charge in [0.25, 0.3) is 0 Å². The van der Waals surface area contributed by atoms with Crippen LogP contribution in [0, 0.1) is 5.82 Å². The van der Waals surface area contributed by atoms with Crippen LogP contribution in [0.3, 0.4) is 0 Å². The van der Waals surface area contributed by atoms with Crippen LogP contribution in [-0.2, 0) is 33.6 Å². The van der Waals surface area contributed by atoms with E-state index in [4.69, 9.17) is 21.6 Å². The number of allylic oxidation sites excluding steroid dienone is 3. The maximum atomic E-state index is 14.9. The highest BCUT2D eigenvalue weighted by Gasteiger charge is 2.20. The lowest BCUT2D eigenvalue weighted by atomic mass is 10.0. The summed E-state index contributed by atoms with van der Waals surface area (Å²) in [6.45, 7) is 16.6. The number of H-pyrrole nitrogens is 3. The summed E-state index contributed by atoms with van der Waals surface area (Å²) < 4.78 is 14.9. The molecule has 0 amide bonds. The molecule has 6 aromatic heterocycles. The minimum Gasteiger partial charge on any atom is -0.369 e. The van der Waals surface area contributed by atoms with E-state index in [1.54, 1.807) is 24.7 Å². The highest BCUT2D eigenvalue weighted by molar-refractivity contribution is 6.28. The van der Waals surface area contributed by atoms with Gasteiger partial charge in [0.15, 0.2) is 34.3 Å². The van der Waals surface area contributed by atoms with Crippen molar-refractivity contribution < 1.29 is 18.8 Å². The van der Waals surface area contributed by atoms with E-state index in [0.29, 0.717) is 64.4 Å². The van der Waals surface area contributed by atoms with Crippen LogP contribution < -0.4 is 20.4 Å². The van der Waals surface area contributed by atoms with E-state index in [-0.39, 0.29) is 34.9 Å². The van der Waals surface area contributed by atoms with E-state index in [9.17, 15) is 18.8 Å². The van der Waals surface area contributed by atoms with Gasteiger partial charge in [-0.15, -0.1) is 0 Å². The van der Waals surface area contributed by atoms with Gasteiger partial charge in [-0.05, 0) is 133 Å². The maximum Gasteiger partial charge on any atom is 0.229 e. The summed E-state index contributed by atoms with van der Waals surface area (Å²) in [5, 5.41) is 29.8. The van der Waals surface area contributed by atoms with Crippen molar-refractivity contribution in [3.63, 3.8) is 0 Å². The molecule has 0 aliphatic carbocycles. The van der Waals surface area contributed by atoms with Crippen LogP contribution in [0.25, 0.3) is 66.9 Å². The fourth-order valence-electron chi connectivity index (χ4n) is 10.6. The number of hydrogen-bond donors (Lipinski definition) is 5. The lowest BCUT2D eigenvalue weighted by Crippen LogP contribution is -2.44.